The van der Waals surface area contributed by atoms with Crippen LogP contribution in [0.4, 0.5) is 0 Å². The normalized spacial score (nSPS) is 14.4. The van der Waals surface area contributed by atoms with Crippen molar-refractivity contribution in [3.8, 4) is 0 Å². The summed E-state index contributed by atoms with van der Waals surface area (Å²) in [5.41, 5.74) is 2.04. The van der Waals surface area contributed by atoms with Gasteiger partial charge in [0, 0.05) is 11.5 Å². The molecule has 28 heavy (non-hydrogen) atoms. The molecule has 2 aromatic heterocycles. The number of benzene rings is 1. The highest BCUT2D eigenvalue weighted by molar-refractivity contribution is 7.99. The zero-order valence-corrected chi connectivity index (χ0v) is 17.3. The number of carbonyl (C=O) groups excluding carboxylic acids is 1. The van der Waals surface area contributed by atoms with Crippen molar-refractivity contribution < 1.29 is 9.21 Å². The van der Waals surface area contributed by atoms with Gasteiger partial charge in [-0.3, -0.25) is 9.36 Å². The molecule has 1 saturated carbocycles. The summed E-state index contributed by atoms with van der Waals surface area (Å²) in [6, 6.07) is 11.8. The molecule has 4 rings (SSSR count). The van der Waals surface area contributed by atoms with Crippen LogP contribution in [0, 0.1) is 0 Å². The van der Waals surface area contributed by atoms with Crippen LogP contribution in [-0.2, 0) is 12.0 Å². The summed E-state index contributed by atoms with van der Waals surface area (Å²) >= 11 is 1.45. The second kappa shape index (κ2) is 7.59. The van der Waals surface area contributed by atoms with E-state index in [0.29, 0.717) is 18.2 Å². The van der Waals surface area contributed by atoms with Gasteiger partial charge in [-0.05, 0) is 36.0 Å². The number of aromatic nitrogens is 3. The first-order valence-corrected chi connectivity index (χ1v) is 10.6. The average molecular weight is 396 g/mol. The Morgan fingerprint density at radius 2 is 1.93 bits per heavy atom. The largest absolute Gasteiger partial charge is 0.467 e. The molecule has 0 N–H and O–H groups in total. The van der Waals surface area contributed by atoms with E-state index in [1.165, 1.54) is 17.3 Å². The first kappa shape index (κ1) is 19.0. The lowest BCUT2D eigenvalue weighted by molar-refractivity contribution is 0.102. The Labute approximate surface area is 169 Å². The molecule has 0 unspecified atom stereocenters. The van der Waals surface area contributed by atoms with E-state index < -0.39 is 0 Å². The number of Topliss-reactive ketones (excluding diaryl/α,β-unsaturated/α-hetero) is 1. The van der Waals surface area contributed by atoms with Crippen LogP contribution in [0.25, 0.3) is 0 Å². The Balaban J connectivity index is 1.46. The average Bonchev–Trinajstić information content (AvgIpc) is 3.23. The second-order valence-electron chi connectivity index (χ2n) is 8.32. The van der Waals surface area contributed by atoms with Crippen LogP contribution in [-0.4, -0.2) is 26.3 Å². The van der Waals surface area contributed by atoms with Crippen molar-refractivity contribution in [1.82, 2.24) is 14.8 Å². The number of ketones is 1. The van der Waals surface area contributed by atoms with Crippen LogP contribution in [0.2, 0.25) is 0 Å². The van der Waals surface area contributed by atoms with Crippen molar-refractivity contribution in [3.05, 3.63) is 65.4 Å². The third-order valence-corrected chi connectivity index (χ3v) is 5.95. The minimum absolute atomic E-state index is 0.0812. The van der Waals surface area contributed by atoms with E-state index in [4.69, 9.17) is 4.42 Å². The van der Waals surface area contributed by atoms with Crippen LogP contribution in [0.3, 0.4) is 0 Å². The number of hydrogen-bond donors (Lipinski definition) is 0. The molecule has 0 bridgehead atoms. The van der Waals surface area contributed by atoms with Crippen molar-refractivity contribution in [2.75, 3.05) is 5.75 Å². The minimum Gasteiger partial charge on any atom is -0.467 e. The van der Waals surface area contributed by atoms with E-state index >= 15 is 0 Å². The Bertz CT molecular complexity index is 949. The number of rotatable bonds is 7. The van der Waals surface area contributed by atoms with E-state index in [2.05, 4.69) is 35.5 Å². The quantitative estimate of drug-likeness (QED) is 0.413. The maximum Gasteiger partial charge on any atom is 0.192 e. The summed E-state index contributed by atoms with van der Waals surface area (Å²) in [5.74, 6) is 2.80. The van der Waals surface area contributed by atoms with E-state index in [9.17, 15) is 4.79 Å². The highest BCUT2D eigenvalue weighted by Crippen LogP contribution is 2.40. The van der Waals surface area contributed by atoms with Gasteiger partial charge in [-0.25, -0.2) is 0 Å². The topological polar surface area (TPSA) is 60.9 Å². The number of thioether (sulfide) groups is 1. The molecule has 146 valence electrons. The highest BCUT2D eigenvalue weighted by atomic mass is 32.2. The first-order valence-electron chi connectivity index (χ1n) is 9.64. The molecule has 1 aliphatic rings. The maximum absolute atomic E-state index is 12.7. The maximum atomic E-state index is 12.7. The molecule has 0 spiro atoms. The molecule has 0 saturated heterocycles. The van der Waals surface area contributed by atoms with Gasteiger partial charge in [0.15, 0.2) is 10.9 Å². The molecule has 0 aliphatic heterocycles. The smallest absolute Gasteiger partial charge is 0.192 e. The molecule has 2 heterocycles. The summed E-state index contributed by atoms with van der Waals surface area (Å²) in [5, 5.41) is 9.52. The Kier molecular flexibility index (Phi) is 5.15. The zero-order valence-electron chi connectivity index (χ0n) is 16.5. The monoisotopic (exact) mass is 395 g/mol. The zero-order chi connectivity index (χ0) is 19.7. The molecular weight excluding hydrogens is 370 g/mol. The number of carbonyl (C=O) groups is 1. The van der Waals surface area contributed by atoms with Crippen molar-refractivity contribution in [3.63, 3.8) is 0 Å². The number of hydrogen-bond acceptors (Lipinski definition) is 5. The van der Waals surface area contributed by atoms with Crippen LogP contribution >= 0.6 is 11.8 Å². The fourth-order valence-electron chi connectivity index (χ4n) is 3.13. The van der Waals surface area contributed by atoms with Crippen molar-refractivity contribution in [1.29, 1.82) is 0 Å². The van der Waals surface area contributed by atoms with Gasteiger partial charge in [0.2, 0.25) is 0 Å². The fraction of sp³-hybridized carbons (Fsp3) is 0.409. The lowest BCUT2D eigenvalue weighted by atomic mass is 9.86. The van der Waals surface area contributed by atoms with Gasteiger partial charge in [0.05, 0.1) is 18.6 Å². The predicted molar refractivity (Wildman–Crippen MR) is 110 cm³/mol. The standard InChI is InChI=1S/C22H25N3O2S/c1-22(2,3)17-10-8-15(9-11-17)19(26)14-28-21-24-23-20(16-6-7-16)25(21)13-18-5-4-12-27-18/h4-5,8-12,16H,6-7,13-14H2,1-3H3. The van der Waals surface area contributed by atoms with Gasteiger partial charge in [-0.1, -0.05) is 56.8 Å². The fourth-order valence-corrected chi connectivity index (χ4v) is 3.97. The molecule has 0 radical (unpaired) electrons. The number of nitrogens with zero attached hydrogens (tertiary/aromatic N) is 3. The second-order valence-corrected chi connectivity index (χ2v) is 9.26. The lowest BCUT2D eigenvalue weighted by Gasteiger charge is -2.18. The van der Waals surface area contributed by atoms with Gasteiger partial charge < -0.3 is 4.42 Å². The van der Waals surface area contributed by atoms with Gasteiger partial charge in [-0.15, -0.1) is 10.2 Å². The predicted octanol–water partition coefficient (Wildman–Crippen LogP) is 5.07. The minimum atomic E-state index is 0.0812. The molecule has 5 nitrogen and oxygen atoms in total. The van der Waals surface area contributed by atoms with E-state index in [1.54, 1.807) is 6.26 Å². The van der Waals surface area contributed by atoms with Crippen LogP contribution < -0.4 is 0 Å². The van der Waals surface area contributed by atoms with E-state index in [0.717, 1.165) is 35.1 Å². The SMILES string of the molecule is CC(C)(C)c1ccc(C(=O)CSc2nnc(C3CC3)n2Cc2ccco2)cc1. The summed E-state index contributed by atoms with van der Waals surface area (Å²) in [6.07, 6.45) is 3.98. The highest BCUT2D eigenvalue weighted by Gasteiger charge is 2.31. The van der Waals surface area contributed by atoms with Crippen LogP contribution in [0.5, 0.6) is 0 Å². The Morgan fingerprint density at radius 3 is 2.54 bits per heavy atom. The molecular formula is C22H25N3O2S. The lowest BCUT2D eigenvalue weighted by Crippen LogP contribution is -2.12. The molecule has 1 fully saturated rings. The third kappa shape index (κ3) is 4.22. The van der Waals surface area contributed by atoms with Gasteiger partial charge in [0.25, 0.3) is 0 Å². The van der Waals surface area contributed by atoms with Crippen LogP contribution in [0.15, 0.2) is 52.2 Å². The Hall–Kier alpha value is -2.34. The van der Waals surface area contributed by atoms with Gasteiger partial charge in [0.1, 0.15) is 11.6 Å². The molecule has 6 heteroatoms. The summed E-state index contributed by atoms with van der Waals surface area (Å²) < 4.78 is 7.59. The molecule has 1 aromatic carbocycles. The Morgan fingerprint density at radius 1 is 1.18 bits per heavy atom. The number of furan rings is 1. The van der Waals surface area contributed by atoms with Gasteiger partial charge in [-0.2, -0.15) is 0 Å². The summed E-state index contributed by atoms with van der Waals surface area (Å²) in [7, 11) is 0. The van der Waals surface area contributed by atoms with Crippen molar-refractivity contribution >= 4 is 17.5 Å². The molecule has 0 amide bonds. The molecule has 1 aliphatic carbocycles. The van der Waals surface area contributed by atoms with Gasteiger partial charge >= 0.3 is 0 Å². The molecule has 3 aromatic rings. The van der Waals surface area contributed by atoms with Crippen molar-refractivity contribution in [2.24, 2.45) is 0 Å². The van der Waals surface area contributed by atoms with Crippen LogP contribution in [0.1, 0.15) is 67.0 Å². The molecule has 0 atom stereocenters. The summed E-state index contributed by atoms with van der Waals surface area (Å²) in [6.45, 7) is 7.11. The van der Waals surface area contributed by atoms with E-state index in [-0.39, 0.29) is 11.2 Å². The van der Waals surface area contributed by atoms with E-state index in [1.807, 2.05) is 36.4 Å². The third-order valence-electron chi connectivity index (χ3n) is 4.99. The first-order chi connectivity index (χ1) is 13.4. The summed E-state index contributed by atoms with van der Waals surface area (Å²) in [4.78, 5) is 12.7. The van der Waals surface area contributed by atoms with Crippen molar-refractivity contribution in [2.45, 2.75) is 56.6 Å².